The van der Waals surface area contributed by atoms with Crippen LogP contribution in [0.1, 0.15) is 51.1 Å². The molecule has 0 aliphatic carbocycles. The summed E-state index contributed by atoms with van der Waals surface area (Å²) in [6, 6.07) is 0.673. The van der Waals surface area contributed by atoms with Crippen LogP contribution in [-0.4, -0.2) is 54.0 Å². The molecule has 2 aliphatic rings. The van der Waals surface area contributed by atoms with Gasteiger partial charge >= 0.3 is 5.97 Å². The second kappa shape index (κ2) is 8.48. The summed E-state index contributed by atoms with van der Waals surface area (Å²) in [6.45, 7) is 3.65. The summed E-state index contributed by atoms with van der Waals surface area (Å²) in [5.41, 5.74) is 2.47. The molecule has 1 aromatic rings. The number of carbonyl (C=O) groups is 2. The number of amides is 1. The number of methoxy groups -OCH3 is 1. The molecule has 144 valence electrons. The standard InChI is InChI=1S/C19H29N3O3S/c1-3-8-20-18(24)19(10-14-12-26-13-21-14)11-15-6-7-16(19)22(15)9-4-5-17(23)25-2/h12-13,15-16H,3-11H2,1-2H3,(H,20,24)/t15-,16+,19+/m1/s1. The fourth-order valence-corrected chi connectivity index (χ4v) is 5.29. The van der Waals surface area contributed by atoms with Gasteiger partial charge in [-0.2, -0.15) is 0 Å². The van der Waals surface area contributed by atoms with Crippen molar-refractivity contribution in [3.05, 3.63) is 16.6 Å². The number of hydrogen-bond acceptors (Lipinski definition) is 6. The van der Waals surface area contributed by atoms with E-state index in [9.17, 15) is 9.59 Å². The Kier molecular flexibility index (Phi) is 6.29. The van der Waals surface area contributed by atoms with E-state index in [0.29, 0.717) is 18.9 Å². The fraction of sp³-hybridized carbons (Fsp3) is 0.737. The van der Waals surface area contributed by atoms with Crippen LogP contribution in [0.2, 0.25) is 0 Å². The van der Waals surface area contributed by atoms with Crippen LogP contribution in [-0.2, 0) is 20.7 Å². The van der Waals surface area contributed by atoms with Crippen LogP contribution < -0.4 is 5.32 Å². The molecular formula is C19H29N3O3S. The van der Waals surface area contributed by atoms with Crippen LogP contribution in [0.4, 0.5) is 0 Å². The zero-order valence-corrected chi connectivity index (χ0v) is 16.5. The van der Waals surface area contributed by atoms with Gasteiger partial charge < -0.3 is 10.1 Å². The Labute approximate surface area is 159 Å². The molecule has 7 heteroatoms. The summed E-state index contributed by atoms with van der Waals surface area (Å²) >= 11 is 1.58. The Morgan fingerprint density at radius 3 is 3.00 bits per heavy atom. The minimum Gasteiger partial charge on any atom is -0.469 e. The van der Waals surface area contributed by atoms with Crippen molar-refractivity contribution in [2.24, 2.45) is 5.41 Å². The summed E-state index contributed by atoms with van der Waals surface area (Å²) in [5, 5.41) is 5.21. The van der Waals surface area contributed by atoms with E-state index in [4.69, 9.17) is 4.74 Å². The van der Waals surface area contributed by atoms with Crippen LogP contribution in [0.25, 0.3) is 0 Å². The third-order valence-corrected chi connectivity index (χ3v) is 6.51. The maximum absolute atomic E-state index is 13.2. The van der Waals surface area contributed by atoms with E-state index in [1.54, 1.807) is 11.3 Å². The molecule has 2 saturated heterocycles. The van der Waals surface area contributed by atoms with Crippen LogP contribution in [0.3, 0.4) is 0 Å². The number of fused-ring (bicyclic) bond motifs is 2. The Morgan fingerprint density at radius 1 is 1.46 bits per heavy atom. The van der Waals surface area contributed by atoms with Gasteiger partial charge in [0.05, 0.1) is 23.7 Å². The Balaban J connectivity index is 1.74. The van der Waals surface area contributed by atoms with Gasteiger partial charge in [0.25, 0.3) is 0 Å². The number of carbonyl (C=O) groups excluding carboxylic acids is 2. The van der Waals surface area contributed by atoms with E-state index in [1.165, 1.54) is 7.11 Å². The van der Waals surface area contributed by atoms with Crippen molar-refractivity contribution in [3.8, 4) is 0 Å². The van der Waals surface area contributed by atoms with Gasteiger partial charge in [-0.3, -0.25) is 14.5 Å². The van der Waals surface area contributed by atoms with Gasteiger partial charge in [-0.1, -0.05) is 6.92 Å². The van der Waals surface area contributed by atoms with Crippen molar-refractivity contribution in [1.29, 1.82) is 0 Å². The predicted octanol–water partition coefficient (Wildman–Crippen LogP) is 2.39. The van der Waals surface area contributed by atoms with Gasteiger partial charge in [-0.15, -0.1) is 11.3 Å². The lowest BCUT2D eigenvalue weighted by molar-refractivity contribution is -0.141. The first-order valence-electron chi connectivity index (χ1n) is 9.58. The molecule has 6 nitrogen and oxygen atoms in total. The second-order valence-corrected chi connectivity index (χ2v) is 8.16. The van der Waals surface area contributed by atoms with Gasteiger partial charge in [0.2, 0.25) is 5.91 Å². The maximum atomic E-state index is 13.2. The first-order chi connectivity index (χ1) is 12.6. The van der Waals surface area contributed by atoms with Gasteiger partial charge in [0.15, 0.2) is 0 Å². The molecule has 0 saturated carbocycles. The summed E-state index contributed by atoms with van der Waals surface area (Å²) in [6.07, 6.45) is 5.95. The molecule has 0 spiro atoms. The molecule has 26 heavy (non-hydrogen) atoms. The van der Waals surface area contributed by atoms with Crippen molar-refractivity contribution in [1.82, 2.24) is 15.2 Å². The minimum atomic E-state index is -0.391. The first kappa shape index (κ1) is 19.3. The second-order valence-electron chi connectivity index (χ2n) is 7.44. The lowest BCUT2D eigenvalue weighted by atomic mass is 9.70. The Hall–Kier alpha value is -1.47. The largest absolute Gasteiger partial charge is 0.469 e. The quantitative estimate of drug-likeness (QED) is 0.667. The van der Waals surface area contributed by atoms with Gasteiger partial charge in [0.1, 0.15) is 0 Å². The van der Waals surface area contributed by atoms with Crippen LogP contribution in [0.5, 0.6) is 0 Å². The van der Waals surface area contributed by atoms with E-state index >= 15 is 0 Å². The summed E-state index contributed by atoms with van der Waals surface area (Å²) in [4.78, 5) is 31.5. The number of hydrogen-bond donors (Lipinski definition) is 1. The van der Waals surface area contributed by atoms with Crippen molar-refractivity contribution in [3.63, 3.8) is 0 Å². The molecule has 1 amide bonds. The molecular weight excluding hydrogens is 350 g/mol. The highest BCUT2D eigenvalue weighted by Crippen LogP contribution is 2.51. The number of thiazole rings is 1. The van der Waals surface area contributed by atoms with E-state index in [1.807, 2.05) is 5.51 Å². The van der Waals surface area contributed by atoms with Gasteiger partial charge in [-0.25, -0.2) is 4.98 Å². The SMILES string of the molecule is CCCNC(=O)[C@@]1(Cc2cscn2)C[C@H]2CC[C@@H]1N2CCCC(=O)OC. The molecule has 3 atom stereocenters. The highest BCUT2D eigenvalue weighted by Gasteiger charge is 2.59. The molecule has 2 bridgehead atoms. The van der Waals surface area contributed by atoms with E-state index in [2.05, 4.69) is 27.5 Å². The topological polar surface area (TPSA) is 71.5 Å². The molecule has 1 aromatic heterocycles. The monoisotopic (exact) mass is 379 g/mol. The zero-order chi connectivity index (χ0) is 18.6. The third kappa shape index (κ3) is 3.78. The van der Waals surface area contributed by atoms with Crippen molar-refractivity contribution >= 4 is 23.2 Å². The number of ether oxygens (including phenoxy) is 1. The van der Waals surface area contributed by atoms with E-state index in [0.717, 1.165) is 50.9 Å². The Bertz CT molecular complexity index is 622. The average molecular weight is 380 g/mol. The first-order valence-corrected chi connectivity index (χ1v) is 10.5. The van der Waals surface area contributed by atoms with Crippen molar-refractivity contribution in [2.75, 3.05) is 20.2 Å². The molecule has 1 N–H and O–H groups in total. The number of aromatic nitrogens is 1. The smallest absolute Gasteiger partial charge is 0.305 e. The summed E-state index contributed by atoms with van der Waals surface area (Å²) in [7, 11) is 1.43. The van der Waals surface area contributed by atoms with Crippen LogP contribution in [0.15, 0.2) is 10.9 Å². The molecule has 0 radical (unpaired) electrons. The highest BCUT2D eigenvalue weighted by atomic mass is 32.1. The summed E-state index contributed by atoms with van der Waals surface area (Å²) in [5.74, 6) is 0.0171. The maximum Gasteiger partial charge on any atom is 0.305 e. The lowest BCUT2D eigenvalue weighted by Gasteiger charge is -2.36. The molecule has 3 rings (SSSR count). The molecule has 0 unspecified atom stereocenters. The predicted molar refractivity (Wildman–Crippen MR) is 101 cm³/mol. The fourth-order valence-electron chi connectivity index (χ4n) is 4.73. The number of rotatable bonds is 9. The van der Waals surface area contributed by atoms with Crippen LogP contribution in [0, 0.1) is 5.41 Å². The van der Waals surface area contributed by atoms with Gasteiger partial charge in [-0.05, 0) is 38.6 Å². The molecule has 3 heterocycles. The Morgan fingerprint density at radius 2 is 2.31 bits per heavy atom. The average Bonchev–Trinajstić information content (AvgIpc) is 3.36. The molecule has 2 aliphatic heterocycles. The third-order valence-electron chi connectivity index (χ3n) is 5.87. The summed E-state index contributed by atoms with van der Waals surface area (Å²) < 4.78 is 4.75. The number of nitrogens with one attached hydrogen (secondary N) is 1. The normalized spacial score (nSPS) is 27.6. The molecule has 2 fully saturated rings. The van der Waals surface area contributed by atoms with Gasteiger partial charge in [0, 0.05) is 36.9 Å². The molecule has 0 aromatic carbocycles. The van der Waals surface area contributed by atoms with Crippen molar-refractivity contribution < 1.29 is 14.3 Å². The van der Waals surface area contributed by atoms with Crippen molar-refractivity contribution in [2.45, 2.75) is 64.0 Å². The van der Waals surface area contributed by atoms with E-state index in [-0.39, 0.29) is 17.9 Å². The van der Waals surface area contributed by atoms with Crippen LogP contribution >= 0.6 is 11.3 Å². The number of esters is 1. The highest BCUT2D eigenvalue weighted by molar-refractivity contribution is 7.07. The minimum absolute atomic E-state index is 0.161. The number of nitrogens with zero attached hydrogens (tertiary/aromatic N) is 2. The van der Waals surface area contributed by atoms with E-state index < -0.39 is 5.41 Å². The zero-order valence-electron chi connectivity index (χ0n) is 15.7. The lowest BCUT2D eigenvalue weighted by Crippen LogP contribution is -2.50.